The minimum Gasteiger partial charge on any atom is -0.465 e. The summed E-state index contributed by atoms with van der Waals surface area (Å²) in [4.78, 5) is 36.5. The lowest BCUT2D eigenvalue weighted by Gasteiger charge is -2.14. The zero-order chi connectivity index (χ0) is 23.4. The largest absolute Gasteiger partial charge is 0.465 e. The number of hydrogen-bond donors (Lipinski definition) is 1. The summed E-state index contributed by atoms with van der Waals surface area (Å²) in [5, 5.41) is 12.1. The van der Waals surface area contributed by atoms with Gasteiger partial charge in [0, 0.05) is 18.2 Å². The third kappa shape index (κ3) is 5.72. The summed E-state index contributed by atoms with van der Waals surface area (Å²) in [7, 11) is 2.48. The van der Waals surface area contributed by atoms with Crippen molar-refractivity contribution in [2.45, 2.75) is 49.4 Å². The number of thioether (sulfide) groups is 1. The number of carbonyl (C=O) groups excluding carboxylic acids is 3. The van der Waals surface area contributed by atoms with Gasteiger partial charge in [0.15, 0.2) is 5.16 Å². The fraction of sp³-hybridized carbons (Fsp3) is 0.500. The summed E-state index contributed by atoms with van der Waals surface area (Å²) < 4.78 is 17.3. The van der Waals surface area contributed by atoms with Gasteiger partial charge in [-0.05, 0) is 43.9 Å². The molecule has 33 heavy (non-hydrogen) atoms. The van der Waals surface area contributed by atoms with Crippen LogP contribution in [0.15, 0.2) is 23.4 Å². The Morgan fingerprint density at radius 3 is 2.36 bits per heavy atom. The van der Waals surface area contributed by atoms with Crippen LogP contribution in [0.4, 0.5) is 5.69 Å². The second-order valence-corrected chi connectivity index (χ2v) is 8.92. The summed E-state index contributed by atoms with van der Waals surface area (Å²) in [6.07, 6.45) is 4.41. The van der Waals surface area contributed by atoms with Gasteiger partial charge in [0.05, 0.1) is 43.7 Å². The van der Waals surface area contributed by atoms with Crippen molar-refractivity contribution in [3.05, 3.63) is 35.2 Å². The molecule has 1 N–H and O–H groups in total. The molecular weight excluding hydrogens is 448 g/mol. The summed E-state index contributed by atoms with van der Waals surface area (Å²) in [5.74, 6) is -0.0789. The molecule has 0 spiro atoms. The van der Waals surface area contributed by atoms with Crippen molar-refractivity contribution in [1.82, 2.24) is 14.8 Å². The normalized spacial score (nSPS) is 17.6. The molecule has 1 saturated carbocycles. The van der Waals surface area contributed by atoms with Crippen LogP contribution in [0.25, 0.3) is 0 Å². The van der Waals surface area contributed by atoms with Crippen LogP contribution in [0, 0.1) is 0 Å². The molecular formula is C22H26N4O6S. The number of benzene rings is 1. The van der Waals surface area contributed by atoms with Gasteiger partial charge in [-0.1, -0.05) is 11.8 Å². The number of rotatable bonds is 9. The van der Waals surface area contributed by atoms with Gasteiger partial charge in [-0.15, -0.1) is 10.2 Å². The Morgan fingerprint density at radius 2 is 1.79 bits per heavy atom. The van der Waals surface area contributed by atoms with E-state index in [1.807, 2.05) is 0 Å². The van der Waals surface area contributed by atoms with E-state index < -0.39 is 11.9 Å². The average molecular weight is 475 g/mol. The molecule has 0 bridgehead atoms. The second kappa shape index (κ2) is 10.3. The van der Waals surface area contributed by atoms with Gasteiger partial charge in [0.2, 0.25) is 5.91 Å². The molecule has 1 saturated heterocycles. The molecule has 10 nitrogen and oxygen atoms in total. The summed E-state index contributed by atoms with van der Waals surface area (Å²) in [6.45, 7) is 1.46. The monoisotopic (exact) mass is 474 g/mol. The minimum atomic E-state index is -0.625. The van der Waals surface area contributed by atoms with E-state index in [9.17, 15) is 14.4 Å². The Hall–Kier alpha value is -2.92. The highest BCUT2D eigenvalue weighted by molar-refractivity contribution is 7.99. The Kier molecular flexibility index (Phi) is 7.29. The molecule has 176 valence electrons. The molecule has 1 aromatic carbocycles. The third-order valence-corrected chi connectivity index (χ3v) is 6.46. The van der Waals surface area contributed by atoms with Crippen molar-refractivity contribution in [3.63, 3.8) is 0 Å². The van der Waals surface area contributed by atoms with Crippen molar-refractivity contribution >= 4 is 35.3 Å². The zero-order valence-corrected chi connectivity index (χ0v) is 19.4. The van der Waals surface area contributed by atoms with Crippen molar-refractivity contribution in [1.29, 1.82) is 0 Å². The number of amides is 1. The minimum absolute atomic E-state index is 0.0876. The maximum atomic E-state index is 12.6. The molecule has 1 atom stereocenters. The second-order valence-electron chi connectivity index (χ2n) is 7.98. The van der Waals surface area contributed by atoms with E-state index in [0.717, 1.165) is 38.1 Å². The number of nitrogens with one attached hydrogen (secondary N) is 1. The molecule has 2 heterocycles. The van der Waals surface area contributed by atoms with Crippen LogP contribution in [0.3, 0.4) is 0 Å². The summed E-state index contributed by atoms with van der Waals surface area (Å²) >= 11 is 1.29. The van der Waals surface area contributed by atoms with Gasteiger partial charge in [0.25, 0.3) is 0 Å². The van der Waals surface area contributed by atoms with Crippen LogP contribution in [0.2, 0.25) is 0 Å². The van der Waals surface area contributed by atoms with Crippen molar-refractivity contribution < 1.29 is 28.6 Å². The SMILES string of the molecule is COC(=O)c1cc(NC(=O)CSc2nnc(C3CC3)n2CC2CCCO2)cc(C(=O)OC)c1. The van der Waals surface area contributed by atoms with Crippen LogP contribution in [-0.2, 0) is 25.5 Å². The Balaban J connectivity index is 1.44. The average Bonchev–Trinajstić information content (AvgIpc) is 3.39. The molecule has 2 aliphatic rings. The molecule has 4 rings (SSSR count). The van der Waals surface area contributed by atoms with Crippen molar-refractivity contribution in [2.75, 3.05) is 31.9 Å². The number of esters is 2. The zero-order valence-electron chi connectivity index (χ0n) is 18.5. The van der Waals surface area contributed by atoms with Gasteiger partial charge < -0.3 is 24.1 Å². The first-order chi connectivity index (χ1) is 16.0. The predicted molar refractivity (Wildman–Crippen MR) is 119 cm³/mol. The van der Waals surface area contributed by atoms with E-state index in [0.29, 0.717) is 23.3 Å². The number of ether oxygens (including phenoxy) is 3. The first kappa shape index (κ1) is 23.2. The summed E-state index contributed by atoms with van der Waals surface area (Å²) in [6, 6.07) is 4.26. The quantitative estimate of drug-likeness (QED) is 0.432. The third-order valence-electron chi connectivity index (χ3n) is 5.49. The highest BCUT2D eigenvalue weighted by Crippen LogP contribution is 2.40. The van der Waals surface area contributed by atoms with Crippen LogP contribution in [-0.4, -0.2) is 65.3 Å². The number of hydrogen-bond acceptors (Lipinski definition) is 9. The van der Waals surface area contributed by atoms with Crippen molar-refractivity contribution in [2.24, 2.45) is 0 Å². The van der Waals surface area contributed by atoms with E-state index in [1.165, 1.54) is 44.2 Å². The van der Waals surface area contributed by atoms with Gasteiger partial charge >= 0.3 is 11.9 Å². The van der Waals surface area contributed by atoms with E-state index in [1.54, 1.807) is 0 Å². The lowest BCUT2D eigenvalue weighted by molar-refractivity contribution is -0.113. The maximum absolute atomic E-state index is 12.6. The number of carbonyl (C=O) groups is 3. The topological polar surface area (TPSA) is 122 Å². The van der Waals surface area contributed by atoms with E-state index in [-0.39, 0.29) is 28.9 Å². The van der Waals surface area contributed by atoms with E-state index in [4.69, 9.17) is 14.2 Å². The Bertz CT molecular complexity index is 1010. The number of anilines is 1. The highest BCUT2D eigenvalue weighted by atomic mass is 32.2. The van der Waals surface area contributed by atoms with Crippen LogP contribution >= 0.6 is 11.8 Å². The van der Waals surface area contributed by atoms with Crippen LogP contribution in [0.1, 0.15) is 58.1 Å². The summed E-state index contributed by atoms with van der Waals surface area (Å²) in [5.41, 5.74) is 0.561. The van der Waals surface area contributed by atoms with Gasteiger partial charge in [-0.3, -0.25) is 4.79 Å². The van der Waals surface area contributed by atoms with Gasteiger partial charge in [0.1, 0.15) is 5.82 Å². The van der Waals surface area contributed by atoms with E-state index >= 15 is 0 Å². The van der Waals surface area contributed by atoms with Crippen LogP contribution < -0.4 is 5.32 Å². The molecule has 1 amide bonds. The molecule has 0 radical (unpaired) electrons. The predicted octanol–water partition coefficient (Wildman–Crippen LogP) is 2.64. The highest BCUT2D eigenvalue weighted by Gasteiger charge is 2.32. The molecule has 1 aliphatic carbocycles. The molecule has 2 aromatic rings. The molecule has 2 fully saturated rings. The number of nitrogens with zero attached hydrogens (tertiary/aromatic N) is 3. The van der Waals surface area contributed by atoms with E-state index in [2.05, 4.69) is 20.1 Å². The Morgan fingerprint density at radius 1 is 1.09 bits per heavy atom. The Labute approximate surface area is 195 Å². The first-order valence-corrected chi connectivity index (χ1v) is 11.8. The number of methoxy groups -OCH3 is 2. The molecule has 1 unspecified atom stereocenters. The lowest BCUT2D eigenvalue weighted by atomic mass is 10.1. The standard InChI is InChI=1S/C22H26N4O6S/c1-30-20(28)14-8-15(21(29)31-2)10-16(9-14)23-18(27)12-33-22-25-24-19(13-5-6-13)26(22)11-17-4-3-7-32-17/h8-10,13,17H,3-7,11-12H2,1-2H3,(H,23,27). The molecule has 1 aromatic heterocycles. The maximum Gasteiger partial charge on any atom is 0.337 e. The first-order valence-electron chi connectivity index (χ1n) is 10.8. The van der Waals surface area contributed by atoms with Gasteiger partial charge in [-0.25, -0.2) is 9.59 Å². The smallest absolute Gasteiger partial charge is 0.337 e. The lowest BCUT2D eigenvalue weighted by Crippen LogP contribution is -2.19. The molecule has 11 heteroatoms. The number of aromatic nitrogens is 3. The van der Waals surface area contributed by atoms with Crippen molar-refractivity contribution in [3.8, 4) is 0 Å². The van der Waals surface area contributed by atoms with Gasteiger partial charge in [-0.2, -0.15) is 0 Å². The van der Waals surface area contributed by atoms with Crippen LogP contribution in [0.5, 0.6) is 0 Å². The fourth-order valence-electron chi connectivity index (χ4n) is 3.71. The fourth-order valence-corrected chi connectivity index (χ4v) is 4.47. The molecule has 1 aliphatic heterocycles.